The van der Waals surface area contributed by atoms with Crippen molar-refractivity contribution in [2.24, 2.45) is 5.92 Å². The molecule has 1 atom stereocenters. The van der Waals surface area contributed by atoms with Crippen molar-refractivity contribution in [3.63, 3.8) is 0 Å². The van der Waals surface area contributed by atoms with E-state index < -0.39 is 31.1 Å². The quantitative estimate of drug-likeness (QED) is 0.598. The van der Waals surface area contributed by atoms with Crippen LogP contribution in [0.25, 0.3) is 0 Å². The fourth-order valence-electron chi connectivity index (χ4n) is 2.73. The van der Waals surface area contributed by atoms with Gasteiger partial charge in [0.05, 0.1) is 0 Å². The third kappa shape index (κ3) is 4.17. The van der Waals surface area contributed by atoms with E-state index in [2.05, 4.69) is 20.3 Å². The molecule has 0 aromatic rings. The number of nitrogens with zero attached hydrogens (tertiary/aromatic N) is 1. The van der Waals surface area contributed by atoms with Crippen LogP contribution >= 0.6 is 0 Å². The van der Waals surface area contributed by atoms with Crippen LogP contribution in [0.5, 0.6) is 0 Å². The van der Waals surface area contributed by atoms with Crippen LogP contribution in [0.3, 0.4) is 0 Å². The summed E-state index contributed by atoms with van der Waals surface area (Å²) in [5.41, 5.74) is 0. The lowest BCUT2D eigenvalue weighted by Gasteiger charge is -2.44. The lowest BCUT2D eigenvalue weighted by Crippen LogP contribution is -2.59. The summed E-state index contributed by atoms with van der Waals surface area (Å²) in [5, 5.41) is 13.3. The number of carboxylic acid groups (broad SMARTS) is 1. The zero-order valence-electron chi connectivity index (χ0n) is 11.1. The molecule has 2 bridgehead atoms. The van der Waals surface area contributed by atoms with E-state index in [0.29, 0.717) is 5.92 Å². The summed E-state index contributed by atoms with van der Waals surface area (Å²) < 4.78 is 4.60. The summed E-state index contributed by atoms with van der Waals surface area (Å²) in [4.78, 5) is 35.5. The molecule has 3 amide bonds. The smallest absolute Gasteiger partial charge is 0.329 e. The zero-order valence-corrected chi connectivity index (χ0v) is 11.1. The maximum atomic E-state index is 11.7. The van der Waals surface area contributed by atoms with Crippen LogP contribution in [-0.2, 0) is 14.3 Å². The van der Waals surface area contributed by atoms with Crippen molar-refractivity contribution in [3.8, 4) is 0 Å². The number of aliphatic carboxylic acids is 1. The van der Waals surface area contributed by atoms with Gasteiger partial charge in [0, 0.05) is 12.6 Å². The Labute approximate surface area is 116 Å². The standard InChI is InChI=1S/C12H19N3O5/c16-10(6-20-7-11(17)18)14-12(19)13-9-5-15-3-1-8(9)2-4-15/h8-9H,1-7H2,(H,17,18)(H2,13,14,16,19). The molecule has 3 aliphatic rings. The SMILES string of the molecule is O=C(O)COCC(=O)NC(=O)NC1CN2CCC1CC2. The Morgan fingerprint density at radius 3 is 2.45 bits per heavy atom. The number of imide groups is 1. The number of ether oxygens (including phenoxy) is 1. The Morgan fingerprint density at radius 1 is 1.20 bits per heavy atom. The van der Waals surface area contributed by atoms with Gasteiger partial charge in [0.15, 0.2) is 0 Å². The molecule has 0 aromatic carbocycles. The number of nitrogens with one attached hydrogen (secondary N) is 2. The van der Waals surface area contributed by atoms with Crippen molar-refractivity contribution in [3.05, 3.63) is 0 Å². The second kappa shape index (κ2) is 6.67. The predicted molar refractivity (Wildman–Crippen MR) is 68.1 cm³/mol. The maximum Gasteiger partial charge on any atom is 0.329 e. The molecule has 0 aliphatic carbocycles. The number of carboxylic acids is 1. The summed E-state index contributed by atoms with van der Waals surface area (Å²) in [7, 11) is 0. The van der Waals surface area contributed by atoms with Gasteiger partial charge in [0.2, 0.25) is 0 Å². The summed E-state index contributed by atoms with van der Waals surface area (Å²) in [6.45, 7) is 1.97. The number of carbonyl (C=O) groups excluding carboxylic acids is 2. The molecule has 112 valence electrons. The number of carbonyl (C=O) groups is 3. The van der Waals surface area contributed by atoms with Crippen molar-refractivity contribution >= 4 is 17.9 Å². The number of urea groups is 1. The predicted octanol–water partition coefficient (Wildman–Crippen LogP) is -0.992. The van der Waals surface area contributed by atoms with Gasteiger partial charge in [-0.3, -0.25) is 10.1 Å². The van der Waals surface area contributed by atoms with Crippen molar-refractivity contribution < 1.29 is 24.2 Å². The van der Waals surface area contributed by atoms with E-state index >= 15 is 0 Å². The van der Waals surface area contributed by atoms with Gasteiger partial charge in [0.25, 0.3) is 5.91 Å². The highest BCUT2D eigenvalue weighted by atomic mass is 16.5. The number of piperidine rings is 3. The molecule has 8 heteroatoms. The van der Waals surface area contributed by atoms with Crippen molar-refractivity contribution in [2.75, 3.05) is 32.8 Å². The van der Waals surface area contributed by atoms with Crippen molar-refractivity contribution in [1.29, 1.82) is 0 Å². The van der Waals surface area contributed by atoms with Crippen LogP contribution < -0.4 is 10.6 Å². The first-order chi connectivity index (χ1) is 9.54. The maximum absolute atomic E-state index is 11.7. The number of fused-ring (bicyclic) bond motifs is 3. The van der Waals surface area contributed by atoms with Gasteiger partial charge >= 0.3 is 12.0 Å². The van der Waals surface area contributed by atoms with Crippen LogP contribution in [0.4, 0.5) is 4.79 Å². The van der Waals surface area contributed by atoms with E-state index in [1.165, 1.54) is 0 Å². The van der Waals surface area contributed by atoms with Gasteiger partial charge in [-0.2, -0.15) is 0 Å². The van der Waals surface area contributed by atoms with E-state index in [1.54, 1.807) is 0 Å². The van der Waals surface area contributed by atoms with Gasteiger partial charge in [-0.1, -0.05) is 0 Å². The van der Waals surface area contributed by atoms with Gasteiger partial charge in [-0.25, -0.2) is 9.59 Å². The Balaban J connectivity index is 1.67. The Hall–Kier alpha value is -1.67. The summed E-state index contributed by atoms with van der Waals surface area (Å²) in [6.07, 6.45) is 2.14. The minimum Gasteiger partial charge on any atom is -0.480 e. The average molecular weight is 285 g/mol. The Morgan fingerprint density at radius 2 is 1.90 bits per heavy atom. The largest absolute Gasteiger partial charge is 0.480 e. The highest BCUT2D eigenvalue weighted by Crippen LogP contribution is 2.27. The van der Waals surface area contributed by atoms with Crippen LogP contribution in [-0.4, -0.2) is 66.8 Å². The average Bonchev–Trinajstić information content (AvgIpc) is 2.39. The van der Waals surface area contributed by atoms with Crippen LogP contribution in [0.2, 0.25) is 0 Å². The van der Waals surface area contributed by atoms with E-state index in [9.17, 15) is 14.4 Å². The number of amides is 3. The normalized spacial score (nSPS) is 27.9. The molecule has 3 rings (SSSR count). The lowest BCUT2D eigenvalue weighted by molar-refractivity contribution is -0.143. The molecule has 0 radical (unpaired) electrons. The fourth-order valence-corrected chi connectivity index (χ4v) is 2.73. The van der Waals surface area contributed by atoms with E-state index in [1.807, 2.05) is 0 Å². The van der Waals surface area contributed by atoms with Gasteiger partial charge < -0.3 is 20.1 Å². The van der Waals surface area contributed by atoms with Gasteiger partial charge in [-0.15, -0.1) is 0 Å². The fraction of sp³-hybridized carbons (Fsp3) is 0.750. The third-order valence-corrected chi connectivity index (χ3v) is 3.68. The van der Waals surface area contributed by atoms with E-state index in [4.69, 9.17) is 5.11 Å². The van der Waals surface area contributed by atoms with Crippen molar-refractivity contribution in [2.45, 2.75) is 18.9 Å². The first-order valence-corrected chi connectivity index (χ1v) is 6.67. The number of hydrogen-bond donors (Lipinski definition) is 3. The first kappa shape index (κ1) is 14.7. The summed E-state index contributed by atoms with van der Waals surface area (Å²) >= 11 is 0. The van der Waals surface area contributed by atoms with E-state index in [-0.39, 0.29) is 6.04 Å². The van der Waals surface area contributed by atoms with Crippen molar-refractivity contribution in [1.82, 2.24) is 15.5 Å². The molecule has 20 heavy (non-hydrogen) atoms. The second-order valence-corrected chi connectivity index (χ2v) is 5.15. The Bertz CT molecular complexity index is 393. The topological polar surface area (TPSA) is 108 Å². The Kier molecular flexibility index (Phi) is 4.91. The van der Waals surface area contributed by atoms with Gasteiger partial charge in [-0.05, 0) is 31.8 Å². The molecule has 3 heterocycles. The molecular formula is C12H19N3O5. The minimum absolute atomic E-state index is 0.0743. The highest BCUT2D eigenvalue weighted by Gasteiger charge is 2.34. The van der Waals surface area contributed by atoms with Gasteiger partial charge in [0.1, 0.15) is 13.2 Å². The molecule has 3 fully saturated rings. The molecule has 0 spiro atoms. The molecule has 1 unspecified atom stereocenters. The molecule has 3 N–H and O–H groups in total. The molecule has 0 aromatic heterocycles. The second-order valence-electron chi connectivity index (χ2n) is 5.15. The zero-order chi connectivity index (χ0) is 14.5. The molecule has 3 aliphatic heterocycles. The molecule has 3 saturated heterocycles. The summed E-state index contributed by atoms with van der Waals surface area (Å²) in [5.74, 6) is -1.33. The number of rotatable bonds is 5. The highest BCUT2D eigenvalue weighted by molar-refractivity contribution is 5.95. The lowest BCUT2D eigenvalue weighted by atomic mass is 9.84. The van der Waals surface area contributed by atoms with E-state index in [0.717, 1.165) is 32.5 Å². The molecule has 8 nitrogen and oxygen atoms in total. The molecular weight excluding hydrogens is 266 g/mol. The van der Waals surface area contributed by atoms with Crippen LogP contribution in [0.15, 0.2) is 0 Å². The summed E-state index contributed by atoms with van der Waals surface area (Å²) in [6, 6.07) is -0.474. The van der Waals surface area contributed by atoms with Crippen LogP contribution in [0.1, 0.15) is 12.8 Å². The third-order valence-electron chi connectivity index (χ3n) is 3.68. The molecule has 0 saturated carbocycles. The minimum atomic E-state index is -1.16. The monoisotopic (exact) mass is 285 g/mol. The number of hydrogen-bond acceptors (Lipinski definition) is 5. The first-order valence-electron chi connectivity index (χ1n) is 6.67. The van der Waals surface area contributed by atoms with Crippen LogP contribution in [0, 0.1) is 5.92 Å².